The molecule has 2 aromatic rings. The Kier molecular flexibility index (Phi) is 5.12. The zero-order valence-corrected chi connectivity index (χ0v) is 14.7. The van der Waals surface area contributed by atoms with E-state index in [0.29, 0.717) is 17.1 Å². The maximum Gasteiger partial charge on any atom is 0.234 e. The Bertz CT molecular complexity index is 965. The van der Waals surface area contributed by atoms with Gasteiger partial charge in [-0.05, 0) is 35.9 Å². The van der Waals surface area contributed by atoms with Crippen molar-refractivity contribution in [1.29, 1.82) is 0 Å². The Morgan fingerprint density at radius 2 is 1.68 bits per heavy atom. The minimum atomic E-state index is -0.885. The summed E-state index contributed by atoms with van der Waals surface area (Å²) in [6, 6.07) is 9.47. The lowest BCUT2D eigenvalue weighted by Crippen LogP contribution is -2.35. The standard InChI is InChI=1S/C18H20N6O4/c19-17(20)23-6-5-9-1-4-13-14(7-9)27-15(16(28-13)24-18(21)22)10-2-3-11(25)12(26)8-10/h1-8,15-16,25-26H,(H4,19,20,23)(H4,21,22,24)/t15-,16+/m1/s1. The van der Waals surface area contributed by atoms with Crippen molar-refractivity contribution >= 4 is 18.0 Å². The maximum absolute atomic E-state index is 9.81. The summed E-state index contributed by atoms with van der Waals surface area (Å²) in [5, 5.41) is 19.4. The monoisotopic (exact) mass is 384 g/mol. The summed E-state index contributed by atoms with van der Waals surface area (Å²) in [5.41, 5.74) is 22.9. The lowest BCUT2D eigenvalue weighted by molar-refractivity contribution is 0.0248. The fourth-order valence-corrected chi connectivity index (χ4v) is 2.61. The predicted molar refractivity (Wildman–Crippen MR) is 105 cm³/mol. The number of phenolic OH excluding ortho intramolecular Hbond substituents is 2. The minimum absolute atomic E-state index is 0.0546. The largest absolute Gasteiger partial charge is 0.504 e. The van der Waals surface area contributed by atoms with Crippen LogP contribution >= 0.6 is 0 Å². The molecule has 10 heteroatoms. The highest BCUT2D eigenvalue weighted by Gasteiger charge is 2.33. The Morgan fingerprint density at radius 3 is 2.36 bits per heavy atom. The molecule has 0 spiro atoms. The summed E-state index contributed by atoms with van der Waals surface area (Å²) in [6.45, 7) is 0. The maximum atomic E-state index is 9.81. The molecule has 2 aromatic carbocycles. The molecule has 0 saturated heterocycles. The number of nitrogens with zero attached hydrogens (tertiary/aromatic N) is 2. The van der Waals surface area contributed by atoms with Gasteiger partial charge in [-0.25, -0.2) is 9.98 Å². The number of rotatable bonds is 4. The van der Waals surface area contributed by atoms with Gasteiger partial charge in [0.1, 0.15) is 0 Å². The number of hydrogen-bond donors (Lipinski definition) is 6. The molecule has 10 N–H and O–H groups in total. The normalized spacial score (nSPS) is 17.9. The van der Waals surface area contributed by atoms with Gasteiger partial charge in [0.25, 0.3) is 0 Å². The van der Waals surface area contributed by atoms with Crippen LogP contribution in [0, 0.1) is 0 Å². The third kappa shape index (κ3) is 4.18. The van der Waals surface area contributed by atoms with Gasteiger partial charge in [0.15, 0.2) is 41.0 Å². The molecule has 146 valence electrons. The van der Waals surface area contributed by atoms with E-state index in [0.717, 1.165) is 5.56 Å². The van der Waals surface area contributed by atoms with Gasteiger partial charge >= 0.3 is 0 Å². The first kappa shape index (κ1) is 18.7. The van der Waals surface area contributed by atoms with Gasteiger partial charge in [-0.2, -0.15) is 0 Å². The van der Waals surface area contributed by atoms with Gasteiger partial charge < -0.3 is 42.6 Å². The lowest BCUT2D eigenvalue weighted by atomic mass is 10.1. The molecule has 3 rings (SSSR count). The summed E-state index contributed by atoms with van der Waals surface area (Å²) in [7, 11) is 0. The van der Waals surface area contributed by atoms with Crippen LogP contribution in [0.3, 0.4) is 0 Å². The van der Waals surface area contributed by atoms with Crippen LogP contribution in [-0.2, 0) is 0 Å². The summed E-state index contributed by atoms with van der Waals surface area (Å²) in [6.07, 6.45) is 1.49. The van der Waals surface area contributed by atoms with Crippen molar-refractivity contribution in [3.05, 3.63) is 53.7 Å². The van der Waals surface area contributed by atoms with Crippen LogP contribution in [0.4, 0.5) is 0 Å². The van der Waals surface area contributed by atoms with E-state index in [1.807, 2.05) is 0 Å². The van der Waals surface area contributed by atoms with Crippen LogP contribution < -0.4 is 32.4 Å². The first-order chi connectivity index (χ1) is 13.3. The van der Waals surface area contributed by atoms with Gasteiger partial charge in [-0.3, -0.25) is 0 Å². The van der Waals surface area contributed by atoms with E-state index in [4.69, 9.17) is 32.4 Å². The number of aliphatic imine (C=N–C) groups is 2. The molecular weight excluding hydrogens is 364 g/mol. The summed E-state index contributed by atoms with van der Waals surface area (Å²) >= 11 is 0. The lowest BCUT2D eigenvalue weighted by Gasteiger charge is -2.32. The quantitative estimate of drug-likeness (QED) is 0.249. The van der Waals surface area contributed by atoms with Crippen LogP contribution in [0.5, 0.6) is 23.0 Å². The fourth-order valence-electron chi connectivity index (χ4n) is 2.61. The molecule has 0 unspecified atom stereocenters. The Balaban J connectivity index is 1.97. The number of ether oxygens (including phenoxy) is 2. The zero-order valence-electron chi connectivity index (χ0n) is 14.7. The Hall–Kier alpha value is -4.08. The number of benzene rings is 2. The average Bonchev–Trinajstić information content (AvgIpc) is 2.63. The number of aromatic hydroxyl groups is 2. The van der Waals surface area contributed by atoms with Crippen molar-refractivity contribution in [1.82, 2.24) is 0 Å². The van der Waals surface area contributed by atoms with Crippen molar-refractivity contribution < 1.29 is 19.7 Å². The van der Waals surface area contributed by atoms with Crippen LogP contribution in [0.15, 0.2) is 52.6 Å². The molecule has 0 radical (unpaired) electrons. The van der Waals surface area contributed by atoms with Crippen molar-refractivity contribution in [3.8, 4) is 23.0 Å². The molecule has 28 heavy (non-hydrogen) atoms. The smallest absolute Gasteiger partial charge is 0.234 e. The number of hydrogen-bond acceptors (Lipinski definition) is 6. The molecule has 0 fully saturated rings. The topological polar surface area (TPSA) is 188 Å². The molecule has 1 heterocycles. The molecule has 2 atom stereocenters. The number of guanidine groups is 2. The van der Waals surface area contributed by atoms with Crippen LogP contribution in [-0.4, -0.2) is 28.4 Å². The van der Waals surface area contributed by atoms with Crippen molar-refractivity contribution in [3.63, 3.8) is 0 Å². The molecule has 0 aliphatic carbocycles. The molecule has 0 bridgehead atoms. The fraction of sp³-hybridized carbons (Fsp3) is 0.111. The highest BCUT2D eigenvalue weighted by molar-refractivity contribution is 5.77. The summed E-state index contributed by atoms with van der Waals surface area (Å²) in [4.78, 5) is 7.84. The second-order valence-corrected chi connectivity index (χ2v) is 5.92. The second-order valence-electron chi connectivity index (χ2n) is 5.92. The van der Waals surface area contributed by atoms with Crippen LogP contribution in [0.1, 0.15) is 17.2 Å². The van der Waals surface area contributed by atoms with E-state index in [-0.39, 0.29) is 23.4 Å². The average molecular weight is 384 g/mol. The van der Waals surface area contributed by atoms with Crippen molar-refractivity contribution in [2.24, 2.45) is 32.9 Å². The van der Waals surface area contributed by atoms with Gasteiger partial charge in [0.05, 0.1) is 0 Å². The van der Waals surface area contributed by atoms with E-state index in [1.165, 1.54) is 18.3 Å². The predicted octanol–water partition coefficient (Wildman–Crippen LogP) is 0.454. The SMILES string of the molecule is NC(N)=NC=Cc1ccc2c(c1)O[C@H](c1ccc(O)c(O)c1)[C@@H](N=C(N)N)O2. The van der Waals surface area contributed by atoms with Crippen LogP contribution in [0.2, 0.25) is 0 Å². The highest BCUT2D eigenvalue weighted by Crippen LogP contribution is 2.42. The van der Waals surface area contributed by atoms with E-state index in [9.17, 15) is 10.2 Å². The van der Waals surface area contributed by atoms with E-state index in [1.54, 1.807) is 30.3 Å². The summed E-state index contributed by atoms with van der Waals surface area (Å²) < 4.78 is 11.9. The molecule has 10 nitrogen and oxygen atoms in total. The van der Waals surface area contributed by atoms with Gasteiger partial charge in [-0.15, -0.1) is 0 Å². The van der Waals surface area contributed by atoms with Gasteiger partial charge in [-0.1, -0.05) is 12.1 Å². The molecule has 1 aliphatic heterocycles. The third-order valence-electron chi connectivity index (χ3n) is 3.82. The van der Waals surface area contributed by atoms with Gasteiger partial charge in [0.2, 0.25) is 6.23 Å². The van der Waals surface area contributed by atoms with Gasteiger partial charge in [0, 0.05) is 11.8 Å². The number of nitrogens with two attached hydrogens (primary N) is 4. The Morgan fingerprint density at radius 1 is 0.893 bits per heavy atom. The molecule has 1 aliphatic rings. The highest BCUT2D eigenvalue weighted by atomic mass is 16.6. The molecule has 0 aromatic heterocycles. The first-order valence-electron chi connectivity index (χ1n) is 8.17. The van der Waals surface area contributed by atoms with Crippen LogP contribution in [0.25, 0.3) is 6.08 Å². The van der Waals surface area contributed by atoms with Crippen molar-refractivity contribution in [2.75, 3.05) is 0 Å². The number of fused-ring (bicyclic) bond motifs is 1. The second kappa shape index (κ2) is 7.66. The summed E-state index contributed by atoms with van der Waals surface area (Å²) in [5.74, 6) is 0.0818. The number of phenols is 2. The Labute approximate surface area is 160 Å². The molecular formula is C18H20N6O4. The molecule has 0 amide bonds. The van der Waals surface area contributed by atoms with E-state index >= 15 is 0 Å². The third-order valence-corrected chi connectivity index (χ3v) is 3.82. The zero-order chi connectivity index (χ0) is 20.3. The van der Waals surface area contributed by atoms with E-state index in [2.05, 4.69) is 9.98 Å². The molecule has 0 saturated carbocycles. The van der Waals surface area contributed by atoms with Crippen molar-refractivity contribution in [2.45, 2.75) is 12.3 Å². The first-order valence-corrected chi connectivity index (χ1v) is 8.17. The minimum Gasteiger partial charge on any atom is -0.504 e. The van der Waals surface area contributed by atoms with E-state index < -0.39 is 12.3 Å².